The molecule has 6 nitrogen and oxygen atoms in total. The fourth-order valence-electron chi connectivity index (χ4n) is 3.28. The van der Waals surface area contributed by atoms with Crippen LogP contribution in [0, 0.1) is 5.82 Å². The number of hydrogen-bond donors (Lipinski definition) is 0. The molecule has 0 atom stereocenters. The number of piperazine rings is 1. The lowest BCUT2D eigenvalue weighted by molar-refractivity contribution is 0.240. The molecule has 0 radical (unpaired) electrons. The van der Waals surface area contributed by atoms with Crippen molar-refractivity contribution in [3.63, 3.8) is 0 Å². The third kappa shape index (κ3) is 3.79. The number of rotatable bonds is 4. The fourth-order valence-corrected chi connectivity index (χ4v) is 3.40. The van der Waals surface area contributed by atoms with E-state index in [1.165, 1.54) is 6.07 Å². The first-order valence-electron chi connectivity index (χ1n) is 8.84. The Hall–Kier alpha value is -2.51. The Balaban J connectivity index is 1.41. The summed E-state index contributed by atoms with van der Waals surface area (Å²) in [5, 5.41) is 9.38. The molecule has 0 saturated carbocycles. The highest BCUT2D eigenvalue weighted by Gasteiger charge is 2.22. The quantitative estimate of drug-likeness (QED) is 0.690. The van der Waals surface area contributed by atoms with Crippen LogP contribution >= 0.6 is 11.6 Å². The average molecular weight is 387 g/mol. The molecule has 27 heavy (non-hydrogen) atoms. The first-order valence-corrected chi connectivity index (χ1v) is 9.21. The van der Waals surface area contributed by atoms with Crippen molar-refractivity contribution in [2.24, 2.45) is 7.05 Å². The Kier molecular flexibility index (Phi) is 5.05. The minimum atomic E-state index is -0.271. The zero-order valence-corrected chi connectivity index (χ0v) is 15.8. The number of hydrogen-bond acceptors (Lipinski definition) is 5. The molecule has 1 fully saturated rings. The molecule has 1 saturated heterocycles. The van der Waals surface area contributed by atoms with Crippen molar-refractivity contribution >= 4 is 17.4 Å². The van der Waals surface area contributed by atoms with Crippen LogP contribution in [-0.4, -0.2) is 50.8 Å². The molecule has 0 spiro atoms. The average Bonchev–Trinajstić information content (AvgIpc) is 3.04. The molecule has 0 aliphatic carbocycles. The summed E-state index contributed by atoms with van der Waals surface area (Å²) in [5.74, 6) is 1.88. The summed E-state index contributed by atoms with van der Waals surface area (Å²) in [4.78, 5) is 8.45. The van der Waals surface area contributed by atoms with Gasteiger partial charge in [0, 0.05) is 50.0 Å². The summed E-state index contributed by atoms with van der Waals surface area (Å²) >= 11 is 5.96. The normalized spacial score (nSPS) is 15.3. The van der Waals surface area contributed by atoms with E-state index in [1.807, 2.05) is 40.8 Å². The van der Waals surface area contributed by atoms with Crippen molar-refractivity contribution < 1.29 is 4.39 Å². The van der Waals surface area contributed by atoms with Crippen molar-refractivity contribution in [1.29, 1.82) is 0 Å². The molecule has 0 N–H and O–H groups in total. The van der Waals surface area contributed by atoms with Gasteiger partial charge in [0.15, 0.2) is 17.5 Å². The van der Waals surface area contributed by atoms with Gasteiger partial charge in [-0.2, -0.15) is 0 Å². The molecule has 1 aliphatic heterocycles. The van der Waals surface area contributed by atoms with E-state index < -0.39 is 0 Å². The molecule has 0 amide bonds. The number of aromatic nitrogens is 4. The van der Waals surface area contributed by atoms with Gasteiger partial charge in [-0.1, -0.05) is 11.6 Å². The van der Waals surface area contributed by atoms with Gasteiger partial charge in [0.25, 0.3) is 0 Å². The van der Waals surface area contributed by atoms with Crippen LogP contribution in [0.3, 0.4) is 0 Å². The van der Waals surface area contributed by atoms with Crippen molar-refractivity contribution in [1.82, 2.24) is 24.6 Å². The van der Waals surface area contributed by atoms with E-state index in [0.717, 1.165) is 43.4 Å². The second-order valence-corrected chi connectivity index (χ2v) is 7.01. The van der Waals surface area contributed by atoms with Gasteiger partial charge in [0.2, 0.25) is 0 Å². The van der Waals surface area contributed by atoms with Crippen LogP contribution in [0.25, 0.3) is 11.4 Å². The Morgan fingerprint density at radius 3 is 2.48 bits per heavy atom. The van der Waals surface area contributed by atoms with Crippen molar-refractivity contribution in [3.05, 3.63) is 59.3 Å². The zero-order valence-electron chi connectivity index (χ0n) is 15.0. The minimum absolute atomic E-state index is 0.271. The summed E-state index contributed by atoms with van der Waals surface area (Å²) in [6.45, 7) is 3.81. The Morgan fingerprint density at radius 2 is 1.78 bits per heavy atom. The van der Waals surface area contributed by atoms with Gasteiger partial charge >= 0.3 is 0 Å². The third-order valence-corrected chi connectivity index (χ3v) is 5.10. The Bertz CT molecular complexity index is 918. The van der Waals surface area contributed by atoms with Gasteiger partial charge in [-0.05, 0) is 36.4 Å². The monoisotopic (exact) mass is 386 g/mol. The molecule has 1 aliphatic rings. The number of nitrogens with zero attached hydrogens (tertiary/aromatic N) is 6. The maximum absolute atomic E-state index is 13.9. The first kappa shape index (κ1) is 17.9. The summed E-state index contributed by atoms with van der Waals surface area (Å²) < 4.78 is 15.9. The smallest absolute Gasteiger partial charge is 0.165 e. The van der Waals surface area contributed by atoms with Gasteiger partial charge in [-0.25, -0.2) is 9.37 Å². The van der Waals surface area contributed by atoms with E-state index in [0.29, 0.717) is 17.4 Å². The highest BCUT2D eigenvalue weighted by molar-refractivity contribution is 6.30. The van der Waals surface area contributed by atoms with Gasteiger partial charge in [-0.15, -0.1) is 10.2 Å². The van der Waals surface area contributed by atoms with E-state index in [-0.39, 0.29) is 5.82 Å². The molecule has 3 heterocycles. The summed E-state index contributed by atoms with van der Waals surface area (Å²) in [6.07, 6.45) is 1.63. The van der Waals surface area contributed by atoms with Crippen molar-refractivity contribution in [3.8, 4) is 11.4 Å². The highest BCUT2D eigenvalue weighted by atomic mass is 35.5. The van der Waals surface area contributed by atoms with Crippen LogP contribution in [0.4, 0.5) is 10.2 Å². The van der Waals surface area contributed by atoms with E-state index in [4.69, 9.17) is 11.6 Å². The molecule has 3 aromatic rings. The lowest BCUT2D eigenvalue weighted by atomic mass is 10.2. The zero-order chi connectivity index (χ0) is 18.8. The number of anilines is 1. The standard InChI is InChI=1S/C19H20ClFN6/c1-25-17(23-24-18(25)14-4-6-15(20)7-5-14)13-26-9-11-27(12-10-26)19-16(21)3-2-8-22-19/h2-8H,9-13H2,1H3. The first-order chi connectivity index (χ1) is 13.1. The van der Waals surface area contributed by atoms with Crippen molar-refractivity contribution in [2.75, 3.05) is 31.1 Å². The van der Waals surface area contributed by atoms with E-state index >= 15 is 0 Å². The topological polar surface area (TPSA) is 50.1 Å². The molecule has 8 heteroatoms. The van der Waals surface area contributed by atoms with Crippen LogP contribution in [0.5, 0.6) is 0 Å². The summed E-state index contributed by atoms with van der Waals surface area (Å²) in [7, 11) is 1.97. The number of pyridine rings is 1. The largest absolute Gasteiger partial charge is 0.352 e. The third-order valence-electron chi connectivity index (χ3n) is 4.84. The molecular formula is C19H20ClFN6. The molecular weight excluding hydrogens is 367 g/mol. The predicted octanol–water partition coefficient (Wildman–Crippen LogP) is 2.99. The fraction of sp³-hybridized carbons (Fsp3) is 0.316. The van der Waals surface area contributed by atoms with Crippen LogP contribution in [0.15, 0.2) is 42.6 Å². The SMILES string of the molecule is Cn1c(CN2CCN(c3ncccc3F)CC2)nnc1-c1ccc(Cl)cc1. The molecule has 2 aromatic heterocycles. The number of benzene rings is 1. The highest BCUT2D eigenvalue weighted by Crippen LogP contribution is 2.21. The van der Waals surface area contributed by atoms with Gasteiger partial charge in [-0.3, -0.25) is 4.90 Å². The van der Waals surface area contributed by atoms with Crippen LogP contribution in [0.1, 0.15) is 5.82 Å². The van der Waals surface area contributed by atoms with Gasteiger partial charge < -0.3 is 9.47 Å². The number of halogens is 2. The van der Waals surface area contributed by atoms with E-state index in [9.17, 15) is 4.39 Å². The second-order valence-electron chi connectivity index (χ2n) is 6.58. The Morgan fingerprint density at radius 1 is 1.04 bits per heavy atom. The van der Waals surface area contributed by atoms with Crippen LogP contribution in [-0.2, 0) is 13.6 Å². The molecule has 4 rings (SSSR count). The van der Waals surface area contributed by atoms with Gasteiger partial charge in [0.1, 0.15) is 5.82 Å². The molecule has 140 valence electrons. The summed E-state index contributed by atoms with van der Waals surface area (Å²) in [6, 6.07) is 10.6. The predicted molar refractivity (Wildman–Crippen MR) is 103 cm³/mol. The van der Waals surface area contributed by atoms with E-state index in [2.05, 4.69) is 20.1 Å². The van der Waals surface area contributed by atoms with Crippen molar-refractivity contribution in [2.45, 2.75) is 6.54 Å². The van der Waals surface area contributed by atoms with Crippen LogP contribution in [0.2, 0.25) is 5.02 Å². The minimum Gasteiger partial charge on any atom is -0.352 e. The van der Waals surface area contributed by atoms with E-state index in [1.54, 1.807) is 12.3 Å². The second kappa shape index (κ2) is 7.62. The lowest BCUT2D eigenvalue weighted by Gasteiger charge is -2.35. The maximum atomic E-state index is 13.9. The van der Waals surface area contributed by atoms with Crippen LogP contribution < -0.4 is 4.90 Å². The maximum Gasteiger partial charge on any atom is 0.165 e. The van der Waals surface area contributed by atoms with Gasteiger partial charge in [0.05, 0.1) is 6.54 Å². The molecule has 1 aromatic carbocycles. The lowest BCUT2D eigenvalue weighted by Crippen LogP contribution is -2.46. The summed E-state index contributed by atoms with van der Waals surface area (Å²) in [5.41, 5.74) is 0.982. The Labute approximate surface area is 162 Å². The molecule has 0 bridgehead atoms. The molecule has 0 unspecified atom stereocenters.